The molecule has 1 aromatic rings. The molecular weight excluding hydrogens is 331 g/mol. The Balaban J connectivity index is 3.19. The van der Waals surface area contributed by atoms with Crippen LogP contribution in [0.15, 0.2) is 23.9 Å². The Morgan fingerprint density at radius 1 is 1.27 bits per heavy atom. The van der Waals surface area contributed by atoms with Crippen LogP contribution in [0.5, 0.6) is 0 Å². The zero-order valence-corrected chi connectivity index (χ0v) is 13.3. The molecule has 0 unspecified atom stereocenters. The third-order valence-corrected chi connectivity index (χ3v) is 3.11. The first-order valence-corrected chi connectivity index (χ1v) is 6.68. The number of carbonyl (C=O) groups is 2. The molecule has 0 saturated heterocycles. The molecule has 0 bridgehead atoms. The lowest BCUT2D eigenvalue weighted by atomic mass is 10.1. The van der Waals surface area contributed by atoms with Gasteiger partial charge in [0.2, 0.25) is 0 Å². The van der Waals surface area contributed by atoms with Gasteiger partial charge in [0.1, 0.15) is 5.70 Å². The van der Waals surface area contributed by atoms with E-state index in [4.69, 9.17) is 28.5 Å². The highest BCUT2D eigenvalue weighted by molar-refractivity contribution is 6.39. The molecular formula is C14H12Cl2N2O4. The van der Waals surface area contributed by atoms with Crippen LogP contribution in [-0.2, 0) is 25.5 Å². The molecule has 0 aliphatic carbocycles. The van der Waals surface area contributed by atoms with Crippen LogP contribution >= 0.6 is 23.2 Å². The van der Waals surface area contributed by atoms with Crippen LogP contribution in [0.1, 0.15) is 5.56 Å². The second kappa shape index (κ2) is 8.27. The van der Waals surface area contributed by atoms with Crippen molar-refractivity contribution >= 4 is 40.8 Å². The molecule has 0 fully saturated rings. The maximum Gasteiger partial charge on any atom is 0.354 e. The third kappa shape index (κ3) is 4.65. The lowest BCUT2D eigenvalue weighted by Gasteiger charge is -2.13. The summed E-state index contributed by atoms with van der Waals surface area (Å²) in [6.45, 7) is 0. The number of ether oxygens (including phenoxy) is 2. The van der Waals surface area contributed by atoms with Crippen LogP contribution in [-0.4, -0.2) is 26.2 Å². The zero-order valence-electron chi connectivity index (χ0n) is 11.8. The highest BCUT2D eigenvalue weighted by Gasteiger charge is 2.16. The summed E-state index contributed by atoms with van der Waals surface area (Å²) in [5, 5.41) is 11.7. The minimum atomic E-state index is -0.793. The number of nitriles is 1. The second-order valence-corrected chi connectivity index (χ2v) is 4.78. The normalized spacial score (nSPS) is 10.6. The van der Waals surface area contributed by atoms with Gasteiger partial charge < -0.3 is 14.8 Å². The van der Waals surface area contributed by atoms with Crippen LogP contribution in [0, 0.1) is 11.3 Å². The Labute approximate surface area is 137 Å². The lowest BCUT2D eigenvalue weighted by molar-refractivity contribution is -0.138. The van der Waals surface area contributed by atoms with Gasteiger partial charge in [-0.25, -0.2) is 9.59 Å². The van der Waals surface area contributed by atoms with Gasteiger partial charge in [0.25, 0.3) is 0 Å². The molecule has 1 rings (SSSR count). The number of nitrogens with zero attached hydrogens (tertiary/aromatic N) is 1. The lowest BCUT2D eigenvalue weighted by Crippen LogP contribution is -2.16. The van der Waals surface area contributed by atoms with Crippen molar-refractivity contribution in [1.29, 1.82) is 5.26 Å². The first-order valence-electron chi connectivity index (χ1n) is 5.92. The van der Waals surface area contributed by atoms with E-state index in [-0.39, 0.29) is 27.9 Å². The number of esters is 2. The molecule has 6 nitrogen and oxygen atoms in total. The number of methoxy groups -OCH3 is 2. The number of halogens is 2. The van der Waals surface area contributed by atoms with Crippen LogP contribution < -0.4 is 5.32 Å². The molecule has 0 amide bonds. The fourth-order valence-corrected chi connectivity index (χ4v) is 2.13. The predicted molar refractivity (Wildman–Crippen MR) is 81.5 cm³/mol. The monoisotopic (exact) mass is 342 g/mol. The summed E-state index contributed by atoms with van der Waals surface area (Å²) in [6, 6.07) is 5.04. The minimum Gasteiger partial charge on any atom is -0.466 e. The number of hydrogen-bond donors (Lipinski definition) is 1. The molecule has 0 atom stereocenters. The van der Waals surface area contributed by atoms with E-state index in [1.165, 1.54) is 19.2 Å². The molecule has 0 spiro atoms. The smallest absolute Gasteiger partial charge is 0.354 e. The van der Waals surface area contributed by atoms with Gasteiger partial charge in [-0.05, 0) is 17.7 Å². The van der Waals surface area contributed by atoms with Crippen molar-refractivity contribution in [3.63, 3.8) is 0 Å². The molecule has 0 radical (unpaired) electrons. The molecule has 22 heavy (non-hydrogen) atoms. The molecule has 1 aromatic carbocycles. The Kier molecular flexibility index (Phi) is 6.70. The summed E-state index contributed by atoms with van der Waals surface area (Å²) in [5.41, 5.74) is 0.649. The number of benzene rings is 1. The summed E-state index contributed by atoms with van der Waals surface area (Å²) in [7, 11) is 2.33. The highest BCUT2D eigenvalue weighted by atomic mass is 35.5. The highest BCUT2D eigenvalue weighted by Crippen LogP contribution is 2.33. The Morgan fingerprint density at radius 2 is 1.86 bits per heavy atom. The summed E-state index contributed by atoms with van der Waals surface area (Å²) < 4.78 is 9.02. The molecule has 0 aliphatic heterocycles. The molecule has 0 aromatic heterocycles. The maximum absolute atomic E-state index is 11.7. The predicted octanol–water partition coefficient (Wildman–Crippen LogP) is 2.70. The molecule has 116 valence electrons. The first kappa shape index (κ1) is 17.8. The second-order valence-electron chi connectivity index (χ2n) is 3.97. The quantitative estimate of drug-likeness (QED) is 0.653. The standard InChI is InChI=1S/C14H12Cl2N2O4/c1-21-12(19)7-11(14(20)22-2)18-13-9(15)5-8(3-4-17)6-10(13)16/h5-7,18H,3H2,1-2H3/b11-7+. The SMILES string of the molecule is COC(=O)/C=C(/Nc1c(Cl)cc(CC#N)cc1Cl)C(=O)OC. The Hall–Kier alpha value is -2.23. The number of hydrogen-bond acceptors (Lipinski definition) is 6. The summed E-state index contributed by atoms with van der Waals surface area (Å²) in [5.74, 6) is -1.54. The molecule has 1 N–H and O–H groups in total. The van der Waals surface area contributed by atoms with Gasteiger partial charge in [0, 0.05) is 0 Å². The van der Waals surface area contributed by atoms with Gasteiger partial charge in [0.15, 0.2) is 0 Å². The zero-order chi connectivity index (χ0) is 16.7. The summed E-state index contributed by atoms with van der Waals surface area (Å²) in [6.07, 6.45) is 1.06. The van der Waals surface area contributed by atoms with Crippen LogP contribution in [0.2, 0.25) is 10.0 Å². The molecule has 0 saturated carbocycles. The van der Waals surface area contributed by atoms with Crippen molar-refractivity contribution in [2.24, 2.45) is 0 Å². The average Bonchev–Trinajstić information content (AvgIpc) is 2.48. The van der Waals surface area contributed by atoms with Gasteiger partial charge in [-0.3, -0.25) is 0 Å². The van der Waals surface area contributed by atoms with E-state index in [0.717, 1.165) is 13.2 Å². The topological polar surface area (TPSA) is 88.4 Å². The molecule has 8 heteroatoms. The van der Waals surface area contributed by atoms with Crippen LogP contribution in [0.3, 0.4) is 0 Å². The number of rotatable bonds is 5. The van der Waals surface area contributed by atoms with Gasteiger partial charge >= 0.3 is 11.9 Å². The third-order valence-electron chi connectivity index (χ3n) is 2.51. The first-order chi connectivity index (χ1) is 10.4. The maximum atomic E-state index is 11.7. The van der Waals surface area contributed by atoms with Crippen molar-refractivity contribution in [3.05, 3.63) is 39.5 Å². The Morgan fingerprint density at radius 3 is 2.32 bits per heavy atom. The largest absolute Gasteiger partial charge is 0.466 e. The van der Waals surface area contributed by atoms with Crippen molar-refractivity contribution in [3.8, 4) is 6.07 Å². The van der Waals surface area contributed by atoms with E-state index in [1.807, 2.05) is 6.07 Å². The number of carbonyl (C=O) groups excluding carboxylic acids is 2. The van der Waals surface area contributed by atoms with Gasteiger partial charge in [-0.2, -0.15) is 5.26 Å². The van der Waals surface area contributed by atoms with Crippen molar-refractivity contribution < 1.29 is 19.1 Å². The van der Waals surface area contributed by atoms with Crippen LogP contribution in [0.25, 0.3) is 0 Å². The van der Waals surface area contributed by atoms with Crippen molar-refractivity contribution in [2.45, 2.75) is 6.42 Å². The number of anilines is 1. The van der Waals surface area contributed by atoms with E-state index in [0.29, 0.717) is 5.56 Å². The fraction of sp³-hybridized carbons (Fsp3) is 0.214. The summed E-state index contributed by atoms with van der Waals surface area (Å²) >= 11 is 12.2. The van der Waals surface area contributed by atoms with Crippen LogP contribution in [0.4, 0.5) is 5.69 Å². The Bertz CT molecular complexity index is 642. The van der Waals surface area contributed by atoms with E-state index in [1.54, 1.807) is 0 Å². The molecule has 0 heterocycles. The van der Waals surface area contributed by atoms with Crippen molar-refractivity contribution in [2.75, 3.05) is 19.5 Å². The van der Waals surface area contributed by atoms with Gasteiger partial charge in [-0.15, -0.1) is 0 Å². The number of nitrogens with one attached hydrogen (secondary N) is 1. The van der Waals surface area contributed by atoms with Gasteiger partial charge in [-0.1, -0.05) is 23.2 Å². The average molecular weight is 343 g/mol. The fourth-order valence-electron chi connectivity index (χ4n) is 1.51. The summed E-state index contributed by atoms with van der Waals surface area (Å²) in [4.78, 5) is 23.0. The van der Waals surface area contributed by atoms with E-state index < -0.39 is 11.9 Å². The molecule has 0 aliphatic rings. The van der Waals surface area contributed by atoms with E-state index in [9.17, 15) is 9.59 Å². The van der Waals surface area contributed by atoms with E-state index >= 15 is 0 Å². The minimum absolute atomic E-state index is 0.140. The van der Waals surface area contributed by atoms with Gasteiger partial charge in [0.05, 0.1) is 48.5 Å². The van der Waals surface area contributed by atoms with E-state index in [2.05, 4.69) is 14.8 Å². The van der Waals surface area contributed by atoms with Crippen molar-refractivity contribution in [1.82, 2.24) is 0 Å².